The van der Waals surface area contributed by atoms with Gasteiger partial charge in [0, 0.05) is 11.7 Å². The molecule has 0 unspecified atom stereocenters. The van der Waals surface area contributed by atoms with Crippen LogP contribution in [0.15, 0.2) is 18.2 Å². The summed E-state index contributed by atoms with van der Waals surface area (Å²) < 4.78 is 5.25. The van der Waals surface area contributed by atoms with E-state index in [0.29, 0.717) is 31.4 Å². The fourth-order valence-corrected chi connectivity index (χ4v) is 3.27. The van der Waals surface area contributed by atoms with Crippen LogP contribution in [-0.2, 0) is 14.9 Å². The van der Waals surface area contributed by atoms with Crippen LogP contribution in [-0.4, -0.2) is 28.8 Å². The number of carboxylic acids is 1. The summed E-state index contributed by atoms with van der Waals surface area (Å²) >= 11 is 0. The fourth-order valence-electron chi connectivity index (χ4n) is 3.27. The van der Waals surface area contributed by atoms with Crippen LogP contribution in [0.25, 0.3) is 0 Å². The molecule has 0 spiro atoms. The first-order chi connectivity index (χ1) is 11.5. The zero-order chi connectivity index (χ0) is 18.8. The Kier molecular flexibility index (Phi) is 5.42. The number of rotatable bonds is 3. The molecule has 0 bridgehead atoms. The van der Waals surface area contributed by atoms with Crippen molar-refractivity contribution in [3.8, 4) is 0 Å². The van der Waals surface area contributed by atoms with Gasteiger partial charge in [0.15, 0.2) is 0 Å². The minimum absolute atomic E-state index is 0.0710. The van der Waals surface area contributed by atoms with Crippen LogP contribution in [0.4, 0.5) is 10.5 Å². The van der Waals surface area contributed by atoms with Gasteiger partial charge < -0.3 is 15.6 Å². The summed E-state index contributed by atoms with van der Waals surface area (Å²) in [7, 11) is 0. The molecule has 0 atom stereocenters. The van der Waals surface area contributed by atoms with Gasteiger partial charge in [-0.05, 0) is 70.6 Å². The van der Waals surface area contributed by atoms with E-state index in [1.165, 1.54) is 0 Å². The highest BCUT2D eigenvalue weighted by Crippen LogP contribution is 2.40. The van der Waals surface area contributed by atoms with Crippen molar-refractivity contribution in [1.82, 2.24) is 0 Å². The molecule has 138 valence electrons. The summed E-state index contributed by atoms with van der Waals surface area (Å²) in [5.74, 6) is -0.813. The molecule has 1 aliphatic carbocycles. The largest absolute Gasteiger partial charge is 0.481 e. The molecule has 4 N–H and O–H groups in total. The van der Waals surface area contributed by atoms with Crippen molar-refractivity contribution >= 4 is 17.7 Å². The maximum absolute atomic E-state index is 12.0. The van der Waals surface area contributed by atoms with Gasteiger partial charge in [0.25, 0.3) is 0 Å². The van der Waals surface area contributed by atoms with Crippen LogP contribution < -0.4 is 11.1 Å². The summed E-state index contributed by atoms with van der Waals surface area (Å²) in [6.07, 6.45) is 1.93. The van der Waals surface area contributed by atoms with Crippen molar-refractivity contribution < 1.29 is 19.4 Å². The lowest BCUT2D eigenvalue weighted by molar-refractivity contribution is -0.145. The second kappa shape index (κ2) is 7.04. The van der Waals surface area contributed by atoms with Crippen LogP contribution in [0.2, 0.25) is 0 Å². The Labute approximate surface area is 148 Å². The number of carbonyl (C=O) groups excluding carboxylic acids is 1. The predicted octanol–water partition coefficient (Wildman–Crippen LogP) is 3.57. The normalized spacial score (nSPS) is 23.8. The number of amides is 1. The lowest BCUT2D eigenvalue weighted by Gasteiger charge is -2.36. The molecule has 6 nitrogen and oxygen atoms in total. The van der Waals surface area contributed by atoms with Crippen LogP contribution in [0, 0.1) is 6.92 Å². The Morgan fingerprint density at radius 3 is 2.36 bits per heavy atom. The Hall–Kier alpha value is -2.08. The number of benzene rings is 1. The first-order valence-corrected chi connectivity index (χ1v) is 8.64. The molecule has 1 amide bonds. The first kappa shape index (κ1) is 19.2. The van der Waals surface area contributed by atoms with Gasteiger partial charge in [0.1, 0.15) is 5.60 Å². The van der Waals surface area contributed by atoms with E-state index in [1.54, 1.807) is 32.9 Å². The molecule has 1 saturated carbocycles. The number of ether oxygens (including phenoxy) is 1. The number of aliphatic carboxylic acids is 1. The third-order valence-electron chi connectivity index (χ3n) is 4.71. The molecule has 0 radical (unpaired) electrons. The Morgan fingerprint density at radius 2 is 1.88 bits per heavy atom. The SMILES string of the molecule is Cc1cc(C2(C(=O)O)CCC(N)CC2)ccc1NC(=O)OC(C)(C)C. The number of carboxylic acid groups (broad SMARTS) is 1. The zero-order valence-corrected chi connectivity index (χ0v) is 15.4. The quantitative estimate of drug-likeness (QED) is 0.775. The van der Waals surface area contributed by atoms with E-state index < -0.39 is 23.1 Å². The van der Waals surface area contributed by atoms with Gasteiger partial charge in [-0.25, -0.2) is 4.79 Å². The number of aryl methyl sites for hydroxylation is 1. The van der Waals surface area contributed by atoms with E-state index in [4.69, 9.17) is 10.5 Å². The third kappa shape index (κ3) is 4.51. The summed E-state index contributed by atoms with van der Waals surface area (Å²) in [6.45, 7) is 7.24. The number of anilines is 1. The topological polar surface area (TPSA) is 102 Å². The maximum Gasteiger partial charge on any atom is 0.412 e. The summed E-state index contributed by atoms with van der Waals surface area (Å²) in [4.78, 5) is 23.9. The second-order valence-corrected chi connectivity index (χ2v) is 7.88. The van der Waals surface area contributed by atoms with E-state index in [9.17, 15) is 14.7 Å². The highest BCUT2D eigenvalue weighted by molar-refractivity contribution is 5.87. The van der Waals surface area contributed by atoms with Crippen LogP contribution >= 0.6 is 0 Å². The highest BCUT2D eigenvalue weighted by Gasteiger charge is 2.43. The molecule has 0 aromatic heterocycles. The third-order valence-corrected chi connectivity index (χ3v) is 4.71. The number of hydrogen-bond donors (Lipinski definition) is 3. The number of nitrogens with two attached hydrogens (primary N) is 1. The van der Waals surface area contributed by atoms with Gasteiger partial charge in [0.05, 0.1) is 5.41 Å². The van der Waals surface area contributed by atoms with Crippen LogP contribution in [0.5, 0.6) is 0 Å². The lowest BCUT2D eigenvalue weighted by atomic mass is 9.68. The monoisotopic (exact) mass is 348 g/mol. The molecule has 0 saturated heterocycles. The predicted molar refractivity (Wildman–Crippen MR) is 96.8 cm³/mol. The molecule has 1 aromatic rings. The fraction of sp³-hybridized carbons (Fsp3) is 0.579. The first-order valence-electron chi connectivity index (χ1n) is 8.64. The van der Waals surface area contributed by atoms with Gasteiger partial charge >= 0.3 is 12.1 Å². The Morgan fingerprint density at radius 1 is 1.28 bits per heavy atom. The minimum Gasteiger partial charge on any atom is -0.481 e. The molecule has 0 heterocycles. The van der Waals surface area contributed by atoms with Gasteiger partial charge in [-0.1, -0.05) is 12.1 Å². The number of nitrogens with one attached hydrogen (secondary N) is 1. The van der Waals surface area contributed by atoms with E-state index in [-0.39, 0.29) is 6.04 Å². The van der Waals surface area contributed by atoms with Crippen molar-refractivity contribution in [1.29, 1.82) is 0 Å². The summed E-state index contributed by atoms with van der Waals surface area (Å²) in [5, 5.41) is 12.5. The molecule has 6 heteroatoms. The van der Waals surface area contributed by atoms with Crippen molar-refractivity contribution in [2.75, 3.05) is 5.32 Å². The van der Waals surface area contributed by atoms with Crippen molar-refractivity contribution in [3.63, 3.8) is 0 Å². The maximum atomic E-state index is 12.0. The van der Waals surface area contributed by atoms with Crippen molar-refractivity contribution in [2.45, 2.75) is 70.4 Å². The highest BCUT2D eigenvalue weighted by atomic mass is 16.6. The summed E-state index contributed by atoms with van der Waals surface area (Å²) in [5.41, 5.74) is 6.65. The summed E-state index contributed by atoms with van der Waals surface area (Å²) in [6, 6.07) is 5.44. The molecule has 1 aromatic carbocycles. The Bertz CT molecular complexity index is 656. The molecular formula is C19H28N2O4. The molecule has 25 heavy (non-hydrogen) atoms. The van der Waals surface area contributed by atoms with Gasteiger partial charge in [-0.2, -0.15) is 0 Å². The minimum atomic E-state index is -0.898. The van der Waals surface area contributed by atoms with E-state index in [0.717, 1.165) is 11.1 Å². The molecule has 1 aliphatic rings. The number of carbonyl (C=O) groups is 2. The molecular weight excluding hydrogens is 320 g/mol. The average molecular weight is 348 g/mol. The van der Waals surface area contributed by atoms with Gasteiger partial charge in [0.2, 0.25) is 0 Å². The molecule has 1 fully saturated rings. The van der Waals surface area contributed by atoms with Gasteiger partial charge in [-0.3, -0.25) is 10.1 Å². The second-order valence-electron chi connectivity index (χ2n) is 7.88. The Balaban J connectivity index is 2.23. The van der Waals surface area contributed by atoms with E-state index >= 15 is 0 Å². The molecule has 2 rings (SSSR count). The average Bonchev–Trinajstić information content (AvgIpc) is 2.48. The van der Waals surface area contributed by atoms with E-state index in [1.807, 2.05) is 13.0 Å². The van der Waals surface area contributed by atoms with Crippen molar-refractivity contribution in [2.24, 2.45) is 5.73 Å². The van der Waals surface area contributed by atoms with Crippen LogP contribution in [0.3, 0.4) is 0 Å². The van der Waals surface area contributed by atoms with E-state index in [2.05, 4.69) is 5.32 Å². The van der Waals surface area contributed by atoms with Crippen LogP contribution in [0.1, 0.15) is 57.6 Å². The standard InChI is InChI=1S/C19H28N2O4/c1-12-11-13(19(16(22)23)9-7-14(20)8-10-19)5-6-15(12)21-17(24)25-18(2,3)4/h5-6,11,14H,7-10,20H2,1-4H3,(H,21,24)(H,22,23). The van der Waals surface area contributed by atoms with Gasteiger partial charge in [-0.15, -0.1) is 0 Å². The number of hydrogen-bond acceptors (Lipinski definition) is 4. The molecule has 0 aliphatic heterocycles. The zero-order valence-electron chi connectivity index (χ0n) is 15.4. The lowest BCUT2D eigenvalue weighted by Crippen LogP contribution is -2.42. The smallest absolute Gasteiger partial charge is 0.412 e. The van der Waals surface area contributed by atoms with Crippen molar-refractivity contribution in [3.05, 3.63) is 29.3 Å².